The highest BCUT2D eigenvalue weighted by molar-refractivity contribution is 5.84. The van der Waals surface area contributed by atoms with E-state index < -0.39 is 0 Å². The molecule has 0 heterocycles. The molecule has 0 atom stereocenters. The van der Waals surface area contributed by atoms with Gasteiger partial charge in [-0.05, 0) is 73.0 Å². The summed E-state index contributed by atoms with van der Waals surface area (Å²) in [6, 6.07) is 20.5. The van der Waals surface area contributed by atoms with Gasteiger partial charge in [0.1, 0.15) is 17.2 Å². The molecule has 118 valence electrons. The number of benzene rings is 3. The number of aryl methyl sites for hydroxylation is 1. The highest BCUT2D eigenvalue weighted by Crippen LogP contribution is 2.27. The molecular weight excluding hydrogens is 284 g/mol. The van der Waals surface area contributed by atoms with E-state index in [2.05, 4.69) is 37.3 Å². The zero-order chi connectivity index (χ0) is 16.2. The molecule has 0 aliphatic rings. The Balaban J connectivity index is 1.78. The van der Waals surface area contributed by atoms with E-state index in [-0.39, 0.29) is 6.10 Å². The third-order valence-corrected chi connectivity index (χ3v) is 3.72. The van der Waals surface area contributed by atoms with Crippen molar-refractivity contribution in [2.45, 2.75) is 33.3 Å². The molecule has 0 amide bonds. The van der Waals surface area contributed by atoms with Crippen LogP contribution < -0.4 is 9.47 Å². The molecule has 3 rings (SSSR count). The third-order valence-electron chi connectivity index (χ3n) is 3.72. The van der Waals surface area contributed by atoms with Gasteiger partial charge in [0.25, 0.3) is 0 Å². The molecule has 3 aromatic rings. The molecule has 2 heteroatoms. The first-order valence-electron chi connectivity index (χ1n) is 8.11. The van der Waals surface area contributed by atoms with Gasteiger partial charge in [0, 0.05) is 0 Å². The molecule has 0 unspecified atom stereocenters. The fourth-order valence-corrected chi connectivity index (χ4v) is 2.55. The minimum atomic E-state index is 0.176. The molecule has 3 aromatic carbocycles. The molecule has 0 aromatic heterocycles. The van der Waals surface area contributed by atoms with Crippen LogP contribution in [0, 0.1) is 0 Å². The number of ether oxygens (including phenoxy) is 2. The lowest BCUT2D eigenvalue weighted by Crippen LogP contribution is -2.05. The first-order chi connectivity index (χ1) is 11.1. The molecule has 23 heavy (non-hydrogen) atoms. The Morgan fingerprint density at radius 3 is 2.04 bits per heavy atom. The Kier molecular flexibility index (Phi) is 4.52. The molecule has 0 aliphatic carbocycles. The van der Waals surface area contributed by atoms with Crippen molar-refractivity contribution in [3.8, 4) is 17.2 Å². The summed E-state index contributed by atoms with van der Waals surface area (Å²) in [5.41, 5.74) is 1.35. The smallest absolute Gasteiger partial charge is 0.128 e. The third kappa shape index (κ3) is 3.84. The maximum atomic E-state index is 5.95. The predicted molar refractivity (Wildman–Crippen MR) is 95.6 cm³/mol. The van der Waals surface area contributed by atoms with E-state index in [0.29, 0.717) is 0 Å². The minimum absolute atomic E-state index is 0.176. The average Bonchev–Trinajstić information content (AvgIpc) is 2.55. The van der Waals surface area contributed by atoms with Gasteiger partial charge in [0.15, 0.2) is 0 Å². The van der Waals surface area contributed by atoms with E-state index in [1.54, 1.807) is 0 Å². The number of hydrogen-bond acceptors (Lipinski definition) is 2. The van der Waals surface area contributed by atoms with Gasteiger partial charge in [-0.25, -0.2) is 0 Å². The Hall–Kier alpha value is -2.48. The number of fused-ring (bicyclic) bond motifs is 1. The summed E-state index contributed by atoms with van der Waals surface area (Å²) in [5, 5.41) is 2.44. The lowest BCUT2D eigenvalue weighted by atomic mass is 10.1. The Morgan fingerprint density at radius 2 is 1.35 bits per heavy atom. The molecule has 0 saturated heterocycles. The topological polar surface area (TPSA) is 18.5 Å². The van der Waals surface area contributed by atoms with Crippen molar-refractivity contribution in [3.05, 3.63) is 66.2 Å². The highest BCUT2D eigenvalue weighted by Gasteiger charge is 2.02. The summed E-state index contributed by atoms with van der Waals surface area (Å²) < 4.78 is 11.6. The van der Waals surface area contributed by atoms with Crippen molar-refractivity contribution in [2.24, 2.45) is 0 Å². The van der Waals surface area contributed by atoms with Gasteiger partial charge >= 0.3 is 0 Å². The van der Waals surface area contributed by atoms with E-state index in [1.165, 1.54) is 16.3 Å². The largest absolute Gasteiger partial charge is 0.491 e. The second-order valence-corrected chi connectivity index (χ2v) is 5.94. The van der Waals surface area contributed by atoms with Crippen LogP contribution in [0.5, 0.6) is 17.2 Å². The lowest BCUT2D eigenvalue weighted by molar-refractivity contribution is 0.242. The summed E-state index contributed by atoms with van der Waals surface area (Å²) in [4.78, 5) is 0. The van der Waals surface area contributed by atoms with Crippen molar-refractivity contribution >= 4 is 10.8 Å². The van der Waals surface area contributed by atoms with Crippen molar-refractivity contribution in [1.82, 2.24) is 0 Å². The van der Waals surface area contributed by atoms with Crippen LogP contribution in [0.1, 0.15) is 26.3 Å². The van der Waals surface area contributed by atoms with Gasteiger partial charge in [-0.3, -0.25) is 0 Å². The predicted octanol–water partition coefficient (Wildman–Crippen LogP) is 5.98. The molecule has 0 bridgehead atoms. The monoisotopic (exact) mass is 306 g/mol. The summed E-state index contributed by atoms with van der Waals surface area (Å²) >= 11 is 0. The van der Waals surface area contributed by atoms with E-state index in [9.17, 15) is 0 Å². The Bertz CT molecular complexity index is 789. The molecule has 0 spiro atoms. The van der Waals surface area contributed by atoms with Gasteiger partial charge in [-0.2, -0.15) is 0 Å². The van der Waals surface area contributed by atoms with Crippen molar-refractivity contribution < 1.29 is 9.47 Å². The summed E-state index contributed by atoms with van der Waals surface area (Å²) in [7, 11) is 0. The van der Waals surface area contributed by atoms with Crippen LogP contribution in [0.2, 0.25) is 0 Å². The van der Waals surface area contributed by atoms with Crippen molar-refractivity contribution in [1.29, 1.82) is 0 Å². The first-order valence-corrected chi connectivity index (χ1v) is 8.11. The van der Waals surface area contributed by atoms with E-state index in [0.717, 1.165) is 23.7 Å². The second kappa shape index (κ2) is 6.74. The first kappa shape index (κ1) is 15.4. The SMILES string of the molecule is CCc1ccc2cc(Oc3ccc(OC(C)C)cc3)ccc2c1. The quantitative estimate of drug-likeness (QED) is 0.577. The van der Waals surface area contributed by atoms with Crippen LogP contribution in [0.3, 0.4) is 0 Å². The van der Waals surface area contributed by atoms with Gasteiger partial charge in [0.05, 0.1) is 6.10 Å². The molecular formula is C21H22O2. The minimum Gasteiger partial charge on any atom is -0.491 e. The average molecular weight is 306 g/mol. The molecule has 0 radical (unpaired) electrons. The highest BCUT2D eigenvalue weighted by atomic mass is 16.5. The van der Waals surface area contributed by atoms with E-state index in [4.69, 9.17) is 9.47 Å². The standard InChI is InChI=1S/C21H22O2/c1-4-16-5-6-18-14-21(8-7-17(18)13-16)23-20-11-9-19(10-12-20)22-15(2)3/h5-15H,4H2,1-3H3. The van der Waals surface area contributed by atoms with Crippen molar-refractivity contribution in [3.63, 3.8) is 0 Å². The molecule has 0 saturated carbocycles. The summed E-state index contributed by atoms with van der Waals surface area (Å²) in [5.74, 6) is 2.52. The molecule has 0 fully saturated rings. The van der Waals surface area contributed by atoms with Crippen LogP contribution in [0.4, 0.5) is 0 Å². The second-order valence-electron chi connectivity index (χ2n) is 5.94. The van der Waals surface area contributed by atoms with Gasteiger partial charge < -0.3 is 9.47 Å². The number of hydrogen-bond donors (Lipinski definition) is 0. The van der Waals surface area contributed by atoms with Crippen LogP contribution >= 0.6 is 0 Å². The van der Waals surface area contributed by atoms with E-state index >= 15 is 0 Å². The molecule has 2 nitrogen and oxygen atoms in total. The van der Waals surface area contributed by atoms with Crippen LogP contribution in [0.25, 0.3) is 10.8 Å². The zero-order valence-electron chi connectivity index (χ0n) is 13.9. The Morgan fingerprint density at radius 1 is 0.739 bits per heavy atom. The van der Waals surface area contributed by atoms with Crippen LogP contribution in [-0.2, 0) is 6.42 Å². The molecule has 0 N–H and O–H groups in total. The Labute approximate surface area is 137 Å². The number of rotatable bonds is 5. The normalized spacial score (nSPS) is 11.0. The van der Waals surface area contributed by atoms with E-state index in [1.807, 2.05) is 44.2 Å². The fourth-order valence-electron chi connectivity index (χ4n) is 2.55. The lowest BCUT2D eigenvalue weighted by Gasteiger charge is -2.11. The maximum absolute atomic E-state index is 5.95. The summed E-state index contributed by atoms with van der Waals surface area (Å²) in [6.45, 7) is 6.21. The van der Waals surface area contributed by atoms with Crippen LogP contribution in [0.15, 0.2) is 60.7 Å². The van der Waals surface area contributed by atoms with Gasteiger partial charge in [-0.1, -0.05) is 31.2 Å². The molecule has 0 aliphatic heterocycles. The van der Waals surface area contributed by atoms with Crippen molar-refractivity contribution in [2.75, 3.05) is 0 Å². The zero-order valence-corrected chi connectivity index (χ0v) is 13.9. The fraction of sp³-hybridized carbons (Fsp3) is 0.238. The maximum Gasteiger partial charge on any atom is 0.128 e. The van der Waals surface area contributed by atoms with Gasteiger partial charge in [-0.15, -0.1) is 0 Å². The van der Waals surface area contributed by atoms with Gasteiger partial charge in [0.2, 0.25) is 0 Å². The van der Waals surface area contributed by atoms with Crippen LogP contribution in [-0.4, -0.2) is 6.10 Å². The summed E-state index contributed by atoms with van der Waals surface area (Å²) in [6.07, 6.45) is 1.23.